The molecule has 1 aromatic heterocycles. The Hall–Kier alpha value is -0.600. The van der Waals surface area contributed by atoms with Crippen LogP contribution < -0.4 is 0 Å². The average Bonchev–Trinajstić information content (AvgIpc) is 2.05. The van der Waals surface area contributed by atoms with Gasteiger partial charge in [0, 0.05) is 6.20 Å². The number of rotatable bonds is 2. The SMILES string of the molecule is CC[C@H](O)c1ccc(Cl)nc1. The van der Waals surface area contributed by atoms with Crippen LogP contribution in [-0.4, -0.2) is 10.1 Å². The number of pyridine rings is 1. The van der Waals surface area contributed by atoms with E-state index in [1.165, 1.54) is 0 Å². The topological polar surface area (TPSA) is 33.1 Å². The molecule has 0 bridgehead atoms. The van der Waals surface area contributed by atoms with Crippen LogP contribution in [0.5, 0.6) is 0 Å². The molecule has 11 heavy (non-hydrogen) atoms. The van der Waals surface area contributed by atoms with Crippen LogP contribution >= 0.6 is 11.6 Å². The third-order valence-electron chi connectivity index (χ3n) is 1.52. The van der Waals surface area contributed by atoms with Crippen LogP contribution in [0.25, 0.3) is 0 Å². The van der Waals surface area contributed by atoms with Crippen LogP contribution in [0.15, 0.2) is 18.3 Å². The minimum absolute atomic E-state index is 0.417. The highest BCUT2D eigenvalue weighted by Gasteiger charge is 2.03. The minimum atomic E-state index is -0.417. The van der Waals surface area contributed by atoms with Gasteiger partial charge in [-0.15, -0.1) is 0 Å². The first-order valence-corrected chi connectivity index (χ1v) is 3.91. The molecule has 0 unspecified atom stereocenters. The molecule has 1 heterocycles. The average molecular weight is 172 g/mol. The van der Waals surface area contributed by atoms with Crippen molar-refractivity contribution in [1.29, 1.82) is 0 Å². The highest BCUT2D eigenvalue weighted by atomic mass is 35.5. The summed E-state index contributed by atoms with van der Waals surface area (Å²) in [4.78, 5) is 3.85. The number of aliphatic hydroxyl groups excluding tert-OH is 1. The third-order valence-corrected chi connectivity index (χ3v) is 1.75. The highest BCUT2D eigenvalue weighted by molar-refractivity contribution is 6.29. The van der Waals surface area contributed by atoms with Crippen molar-refractivity contribution in [2.45, 2.75) is 19.4 Å². The standard InChI is InChI=1S/C8H10ClNO/c1-2-7(11)6-3-4-8(9)10-5-6/h3-5,7,11H,2H2,1H3/t7-/m0/s1. The fourth-order valence-electron chi connectivity index (χ4n) is 0.820. The number of hydrogen-bond donors (Lipinski definition) is 1. The van der Waals surface area contributed by atoms with Gasteiger partial charge in [0.2, 0.25) is 0 Å². The van der Waals surface area contributed by atoms with E-state index in [0.29, 0.717) is 11.6 Å². The lowest BCUT2D eigenvalue weighted by Crippen LogP contribution is -1.94. The first-order chi connectivity index (χ1) is 5.24. The maximum atomic E-state index is 9.34. The van der Waals surface area contributed by atoms with Gasteiger partial charge in [-0.2, -0.15) is 0 Å². The summed E-state index contributed by atoms with van der Waals surface area (Å²) in [5.74, 6) is 0. The van der Waals surface area contributed by atoms with Gasteiger partial charge in [0.25, 0.3) is 0 Å². The van der Waals surface area contributed by atoms with Crippen molar-refractivity contribution in [2.75, 3.05) is 0 Å². The first-order valence-electron chi connectivity index (χ1n) is 3.53. The van der Waals surface area contributed by atoms with E-state index in [1.807, 2.05) is 6.92 Å². The summed E-state index contributed by atoms with van der Waals surface area (Å²) >= 11 is 5.57. The highest BCUT2D eigenvalue weighted by Crippen LogP contribution is 2.15. The van der Waals surface area contributed by atoms with Crippen LogP contribution in [0.3, 0.4) is 0 Å². The molecule has 0 aliphatic heterocycles. The normalized spacial score (nSPS) is 13.0. The van der Waals surface area contributed by atoms with E-state index >= 15 is 0 Å². The molecule has 0 saturated heterocycles. The van der Waals surface area contributed by atoms with Crippen molar-refractivity contribution in [3.8, 4) is 0 Å². The zero-order valence-electron chi connectivity index (χ0n) is 6.29. The van der Waals surface area contributed by atoms with Gasteiger partial charge in [0.1, 0.15) is 5.15 Å². The molecular formula is C8H10ClNO. The summed E-state index contributed by atoms with van der Waals surface area (Å²) in [6, 6.07) is 3.46. The summed E-state index contributed by atoms with van der Waals surface area (Å²) in [6.07, 6.45) is 1.87. The lowest BCUT2D eigenvalue weighted by atomic mass is 10.1. The van der Waals surface area contributed by atoms with Gasteiger partial charge >= 0.3 is 0 Å². The Kier molecular flexibility index (Phi) is 2.85. The van der Waals surface area contributed by atoms with Gasteiger partial charge in [-0.1, -0.05) is 24.6 Å². The third kappa shape index (κ3) is 2.17. The molecule has 0 spiro atoms. The Balaban J connectivity index is 2.81. The predicted molar refractivity (Wildman–Crippen MR) is 44.5 cm³/mol. The van der Waals surface area contributed by atoms with Crippen molar-refractivity contribution in [1.82, 2.24) is 4.98 Å². The Labute approximate surface area is 70.8 Å². The van der Waals surface area contributed by atoms with Gasteiger partial charge in [-0.3, -0.25) is 0 Å². The molecule has 0 saturated carbocycles. The van der Waals surface area contributed by atoms with Crippen LogP contribution in [0, 0.1) is 0 Å². The Bertz CT molecular complexity index is 222. The number of halogens is 1. The zero-order chi connectivity index (χ0) is 8.27. The number of hydrogen-bond acceptors (Lipinski definition) is 2. The van der Waals surface area contributed by atoms with E-state index in [0.717, 1.165) is 5.56 Å². The smallest absolute Gasteiger partial charge is 0.129 e. The summed E-state index contributed by atoms with van der Waals surface area (Å²) in [5, 5.41) is 9.79. The lowest BCUT2D eigenvalue weighted by molar-refractivity contribution is 0.173. The Morgan fingerprint density at radius 1 is 1.64 bits per heavy atom. The zero-order valence-corrected chi connectivity index (χ0v) is 7.04. The van der Waals surface area contributed by atoms with Gasteiger partial charge in [-0.25, -0.2) is 4.98 Å². The molecule has 0 fully saturated rings. The van der Waals surface area contributed by atoms with Crippen LogP contribution in [0.1, 0.15) is 25.0 Å². The molecule has 1 atom stereocenters. The van der Waals surface area contributed by atoms with E-state index in [-0.39, 0.29) is 0 Å². The maximum Gasteiger partial charge on any atom is 0.129 e. The van der Waals surface area contributed by atoms with Crippen LogP contribution in [0.4, 0.5) is 0 Å². The Morgan fingerprint density at radius 3 is 2.82 bits per heavy atom. The van der Waals surface area contributed by atoms with Gasteiger partial charge < -0.3 is 5.11 Å². The van der Waals surface area contributed by atoms with Crippen molar-refractivity contribution < 1.29 is 5.11 Å². The predicted octanol–water partition coefficient (Wildman–Crippen LogP) is 2.18. The second-order valence-corrected chi connectivity index (χ2v) is 2.73. The summed E-state index contributed by atoms with van der Waals surface area (Å²) < 4.78 is 0. The molecule has 1 rings (SSSR count). The molecule has 3 heteroatoms. The molecule has 0 aromatic carbocycles. The largest absolute Gasteiger partial charge is 0.388 e. The second-order valence-electron chi connectivity index (χ2n) is 2.34. The molecule has 0 aliphatic rings. The van der Waals surface area contributed by atoms with E-state index in [9.17, 15) is 5.11 Å². The van der Waals surface area contributed by atoms with Gasteiger partial charge in [0.05, 0.1) is 6.10 Å². The van der Waals surface area contributed by atoms with Gasteiger partial charge in [-0.05, 0) is 18.1 Å². The molecule has 1 aromatic rings. The molecule has 0 amide bonds. The molecule has 0 aliphatic carbocycles. The fourth-order valence-corrected chi connectivity index (χ4v) is 0.932. The van der Waals surface area contributed by atoms with Crippen molar-refractivity contribution in [3.05, 3.63) is 29.0 Å². The molecule has 1 N–H and O–H groups in total. The van der Waals surface area contributed by atoms with E-state index < -0.39 is 6.10 Å². The molecule has 60 valence electrons. The lowest BCUT2D eigenvalue weighted by Gasteiger charge is -2.05. The second kappa shape index (κ2) is 3.69. The minimum Gasteiger partial charge on any atom is -0.388 e. The van der Waals surface area contributed by atoms with E-state index in [2.05, 4.69) is 4.98 Å². The van der Waals surface area contributed by atoms with Crippen molar-refractivity contribution in [3.63, 3.8) is 0 Å². The summed E-state index contributed by atoms with van der Waals surface area (Å²) in [5.41, 5.74) is 0.817. The molecule has 2 nitrogen and oxygen atoms in total. The van der Waals surface area contributed by atoms with Gasteiger partial charge in [0.15, 0.2) is 0 Å². The number of aliphatic hydroxyl groups is 1. The van der Waals surface area contributed by atoms with E-state index in [4.69, 9.17) is 11.6 Å². The Morgan fingerprint density at radius 2 is 2.36 bits per heavy atom. The van der Waals surface area contributed by atoms with Crippen molar-refractivity contribution in [2.24, 2.45) is 0 Å². The first kappa shape index (κ1) is 8.50. The maximum absolute atomic E-state index is 9.34. The fraction of sp³-hybridized carbons (Fsp3) is 0.375. The van der Waals surface area contributed by atoms with Crippen molar-refractivity contribution >= 4 is 11.6 Å². The number of nitrogens with zero attached hydrogens (tertiary/aromatic N) is 1. The monoisotopic (exact) mass is 171 g/mol. The molecular weight excluding hydrogens is 162 g/mol. The molecule has 0 radical (unpaired) electrons. The van der Waals surface area contributed by atoms with E-state index in [1.54, 1.807) is 18.3 Å². The summed E-state index contributed by atoms with van der Waals surface area (Å²) in [6.45, 7) is 1.92. The van der Waals surface area contributed by atoms with Crippen LogP contribution in [0.2, 0.25) is 5.15 Å². The quantitative estimate of drug-likeness (QED) is 0.692. The summed E-state index contributed by atoms with van der Waals surface area (Å²) in [7, 11) is 0. The number of aromatic nitrogens is 1. The van der Waals surface area contributed by atoms with Crippen LogP contribution in [-0.2, 0) is 0 Å².